The number of halogens is 1. The van der Waals surface area contributed by atoms with Gasteiger partial charge in [-0.25, -0.2) is 0 Å². The van der Waals surface area contributed by atoms with Crippen molar-refractivity contribution in [1.82, 2.24) is 0 Å². The van der Waals surface area contributed by atoms with E-state index in [1.165, 1.54) is 11.1 Å². The maximum atomic E-state index is 5.41. The fraction of sp³-hybridized carbons (Fsp3) is 0.429. The SMILES string of the molecule is COc1ccc(CCC(CBr)Cc2ccc(OC)c(OC)c2)cc1OC. The lowest BCUT2D eigenvalue weighted by molar-refractivity contribution is 0.354. The lowest BCUT2D eigenvalue weighted by atomic mass is 9.94. The molecule has 0 aliphatic heterocycles. The predicted octanol–water partition coefficient (Wildman–Crippen LogP) is 4.91. The summed E-state index contributed by atoms with van der Waals surface area (Å²) in [6.07, 6.45) is 3.05. The Bertz CT molecular complexity index is 702. The summed E-state index contributed by atoms with van der Waals surface area (Å²) >= 11 is 3.66. The third-order valence-corrected chi connectivity index (χ3v) is 5.40. The van der Waals surface area contributed by atoms with E-state index in [1.54, 1.807) is 28.4 Å². The Morgan fingerprint density at radius 1 is 0.731 bits per heavy atom. The third kappa shape index (κ3) is 5.31. The van der Waals surface area contributed by atoms with E-state index in [9.17, 15) is 0 Å². The molecular weight excluding hydrogens is 396 g/mol. The van der Waals surface area contributed by atoms with E-state index in [4.69, 9.17) is 18.9 Å². The van der Waals surface area contributed by atoms with Crippen molar-refractivity contribution in [2.75, 3.05) is 33.8 Å². The first-order chi connectivity index (χ1) is 12.6. The van der Waals surface area contributed by atoms with Gasteiger partial charge in [0.05, 0.1) is 28.4 Å². The molecule has 0 heterocycles. The first kappa shape index (κ1) is 20.4. The highest BCUT2D eigenvalue weighted by molar-refractivity contribution is 9.09. The first-order valence-corrected chi connectivity index (χ1v) is 9.75. The van der Waals surface area contributed by atoms with Gasteiger partial charge in [0.2, 0.25) is 0 Å². The van der Waals surface area contributed by atoms with Gasteiger partial charge < -0.3 is 18.9 Å². The van der Waals surface area contributed by atoms with Gasteiger partial charge in [-0.05, 0) is 60.6 Å². The van der Waals surface area contributed by atoms with Gasteiger partial charge >= 0.3 is 0 Å². The second kappa shape index (κ2) is 10.3. The van der Waals surface area contributed by atoms with Crippen LogP contribution in [0.15, 0.2) is 36.4 Å². The van der Waals surface area contributed by atoms with Crippen molar-refractivity contribution in [3.8, 4) is 23.0 Å². The summed E-state index contributed by atoms with van der Waals surface area (Å²) in [5.74, 6) is 3.61. The highest BCUT2D eigenvalue weighted by Gasteiger charge is 2.12. The fourth-order valence-electron chi connectivity index (χ4n) is 2.98. The quantitative estimate of drug-likeness (QED) is 0.509. The summed E-state index contributed by atoms with van der Waals surface area (Å²) in [7, 11) is 6.64. The monoisotopic (exact) mass is 422 g/mol. The maximum absolute atomic E-state index is 5.41. The van der Waals surface area contributed by atoms with Crippen LogP contribution in [0.1, 0.15) is 17.5 Å². The number of alkyl halides is 1. The van der Waals surface area contributed by atoms with Gasteiger partial charge in [-0.1, -0.05) is 28.1 Å². The van der Waals surface area contributed by atoms with Crippen LogP contribution >= 0.6 is 15.9 Å². The summed E-state index contributed by atoms with van der Waals surface area (Å²) in [6, 6.07) is 12.3. The van der Waals surface area contributed by atoms with Crippen LogP contribution in [0.3, 0.4) is 0 Å². The zero-order valence-electron chi connectivity index (χ0n) is 15.9. The molecule has 2 rings (SSSR count). The summed E-state index contributed by atoms with van der Waals surface area (Å²) in [5, 5.41) is 0.953. The van der Waals surface area contributed by atoms with Crippen molar-refractivity contribution in [3.63, 3.8) is 0 Å². The van der Waals surface area contributed by atoms with Gasteiger partial charge in [0.15, 0.2) is 23.0 Å². The molecule has 0 aliphatic rings. The molecule has 142 valence electrons. The topological polar surface area (TPSA) is 36.9 Å². The number of benzene rings is 2. The van der Waals surface area contributed by atoms with E-state index in [2.05, 4.69) is 40.2 Å². The molecule has 5 heteroatoms. The van der Waals surface area contributed by atoms with Crippen LogP contribution in [0.5, 0.6) is 23.0 Å². The molecule has 0 saturated heterocycles. The van der Waals surface area contributed by atoms with Gasteiger partial charge in [-0.2, -0.15) is 0 Å². The van der Waals surface area contributed by atoms with E-state index in [-0.39, 0.29) is 0 Å². The normalized spacial score (nSPS) is 11.7. The van der Waals surface area contributed by atoms with Crippen molar-refractivity contribution in [2.24, 2.45) is 5.92 Å². The molecule has 0 radical (unpaired) electrons. The molecule has 0 aromatic heterocycles. The van der Waals surface area contributed by atoms with Gasteiger partial charge in [-0.15, -0.1) is 0 Å². The fourth-order valence-corrected chi connectivity index (χ4v) is 3.53. The highest BCUT2D eigenvalue weighted by Crippen LogP contribution is 2.31. The zero-order valence-corrected chi connectivity index (χ0v) is 17.5. The van der Waals surface area contributed by atoms with Crippen molar-refractivity contribution < 1.29 is 18.9 Å². The molecule has 2 aromatic carbocycles. The molecule has 0 saturated carbocycles. The molecular formula is C21H27BrO4. The summed E-state index contributed by atoms with van der Waals surface area (Å²) in [6.45, 7) is 0. The molecule has 0 fully saturated rings. The van der Waals surface area contributed by atoms with Gasteiger partial charge in [0.1, 0.15) is 0 Å². The highest BCUT2D eigenvalue weighted by atomic mass is 79.9. The minimum Gasteiger partial charge on any atom is -0.493 e. The molecule has 4 nitrogen and oxygen atoms in total. The average molecular weight is 423 g/mol. The Kier molecular flexibility index (Phi) is 8.10. The van der Waals surface area contributed by atoms with Crippen molar-refractivity contribution in [3.05, 3.63) is 47.5 Å². The Labute approximate surface area is 164 Å². The maximum Gasteiger partial charge on any atom is 0.160 e. The minimum atomic E-state index is 0.529. The second-order valence-electron chi connectivity index (χ2n) is 6.14. The van der Waals surface area contributed by atoms with E-state index in [0.29, 0.717) is 5.92 Å². The molecule has 1 atom stereocenters. The Morgan fingerprint density at radius 2 is 1.23 bits per heavy atom. The Balaban J connectivity index is 2.01. The number of hydrogen-bond donors (Lipinski definition) is 0. The minimum absolute atomic E-state index is 0.529. The predicted molar refractivity (Wildman–Crippen MR) is 108 cm³/mol. The van der Waals surface area contributed by atoms with E-state index < -0.39 is 0 Å². The molecule has 26 heavy (non-hydrogen) atoms. The Hall–Kier alpha value is -1.88. The van der Waals surface area contributed by atoms with Crippen LogP contribution in [0.25, 0.3) is 0 Å². The van der Waals surface area contributed by atoms with Crippen LogP contribution in [0.2, 0.25) is 0 Å². The number of hydrogen-bond acceptors (Lipinski definition) is 4. The third-order valence-electron chi connectivity index (χ3n) is 4.48. The van der Waals surface area contributed by atoms with Crippen LogP contribution in [-0.2, 0) is 12.8 Å². The van der Waals surface area contributed by atoms with E-state index >= 15 is 0 Å². The molecule has 1 unspecified atom stereocenters. The molecule has 0 N–H and O–H groups in total. The van der Waals surface area contributed by atoms with Gasteiger partial charge in [-0.3, -0.25) is 0 Å². The summed E-state index contributed by atoms with van der Waals surface area (Å²) < 4.78 is 21.4. The number of aryl methyl sites for hydroxylation is 1. The van der Waals surface area contributed by atoms with Crippen molar-refractivity contribution >= 4 is 15.9 Å². The standard InChI is InChI=1S/C21H27BrO4/c1-23-18-9-7-15(12-20(18)25-3)5-6-17(14-22)11-16-8-10-19(24-2)21(13-16)26-4/h7-10,12-13,17H,5-6,11,14H2,1-4H3. The summed E-state index contributed by atoms with van der Waals surface area (Å²) in [5.41, 5.74) is 2.50. The smallest absolute Gasteiger partial charge is 0.160 e. The number of rotatable bonds is 10. The van der Waals surface area contributed by atoms with Crippen molar-refractivity contribution in [1.29, 1.82) is 0 Å². The Morgan fingerprint density at radius 3 is 1.73 bits per heavy atom. The van der Waals surface area contributed by atoms with E-state index in [0.717, 1.165) is 47.6 Å². The van der Waals surface area contributed by atoms with Crippen LogP contribution in [0, 0.1) is 5.92 Å². The summed E-state index contributed by atoms with van der Waals surface area (Å²) in [4.78, 5) is 0. The first-order valence-electron chi connectivity index (χ1n) is 8.62. The van der Waals surface area contributed by atoms with Gasteiger partial charge in [0, 0.05) is 5.33 Å². The molecule has 0 spiro atoms. The number of methoxy groups -OCH3 is 4. The van der Waals surface area contributed by atoms with Crippen LogP contribution in [0.4, 0.5) is 0 Å². The van der Waals surface area contributed by atoms with E-state index in [1.807, 2.05) is 12.1 Å². The molecule has 0 bridgehead atoms. The molecule has 0 amide bonds. The van der Waals surface area contributed by atoms with Crippen LogP contribution in [-0.4, -0.2) is 33.8 Å². The van der Waals surface area contributed by atoms with Crippen molar-refractivity contribution in [2.45, 2.75) is 19.3 Å². The second-order valence-corrected chi connectivity index (χ2v) is 6.79. The van der Waals surface area contributed by atoms with Crippen LogP contribution < -0.4 is 18.9 Å². The van der Waals surface area contributed by atoms with Gasteiger partial charge in [0.25, 0.3) is 0 Å². The molecule has 0 aliphatic carbocycles. The zero-order chi connectivity index (χ0) is 18.9. The average Bonchev–Trinajstić information content (AvgIpc) is 2.70. The lowest BCUT2D eigenvalue weighted by Crippen LogP contribution is -2.08. The largest absolute Gasteiger partial charge is 0.493 e. The number of ether oxygens (including phenoxy) is 4. The molecule has 2 aromatic rings. The lowest BCUT2D eigenvalue weighted by Gasteiger charge is -2.16.